The number of hydrogen-bond donors (Lipinski definition) is 1. The van der Waals surface area contributed by atoms with Crippen LogP contribution in [0.1, 0.15) is 17.3 Å². The molecule has 1 aromatic heterocycles. The molecule has 1 amide bonds. The van der Waals surface area contributed by atoms with Crippen molar-refractivity contribution in [1.29, 1.82) is 0 Å². The number of carbonyl (C=O) groups is 1. The van der Waals surface area contributed by atoms with Gasteiger partial charge in [0.15, 0.2) is 11.5 Å². The lowest BCUT2D eigenvalue weighted by molar-refractivity contribution is 0.102. The van der Waals surface area contributed by atoms with E-state index in [0.717, 1.165) is 0 Å². The van der Waals surface area contributed by atoms with Gasteiger partial charge in [0.25, 0.3) is 11.5 Å². The van der Waals surface area contributed by atoms with Gasteiger partial charge in [0.2, 0.25) is 0 Å². The summed E-state index contributed by atoms with van der Waals surface area (Å²) in [4.78, 5) is 26.7. The number of anilines is 1. The number of rotatable bonds is 7. The van der Waals surface area contributed by atoms with Gasteiger partial charge in [-0.25, -0.2) is 4.39 Å². The fourth-order valence-electron chi connectivity index (χ4n) is 3.64. The van der Waals surface area contributed by atoms with E-state index in [0.29, 0.717) is 40.6 Å². The van der Waals surface area contributed by atoms with E-state index in [-0.39, 0.29) is 16.5 Å². The van der Waals surface area contributed by atoms with Crippen LogP contribution in [-0.4, -0.2) is 31.3 Å². The van der Waals surface area contributed by atoms with Crippen LogP contribution in [0.2, 0.25) is 0 Å². The summed E-state index contributed by atoms with van der Waals surface area (Å²) in [7, 11) is 2.95. The van der Waals surface area contributed by atoms with Gasteiger partial charge in [0.05, 0.1) is 31.8 Å². The Morgan fingerprint density at radius 3 is 2.15 bits per heavy atom. The molecule has 4 rings (SSSR count). The van der Waals surface area contributed by atoms with Gasteiger partial charge in [-0.2, -0.15) is 0 Å². The molecular weight excluding hydrogens is 439 g/mol. The van der Waals surface area contributed by atoms with Crippen LogP contribution in [0.3, 0.4) is 0 Å². The van der Waals surface area contributed by atoms with Gasteiger partial charge < -0.3 is 19.5 Å². The smallest absolute Gasteiger partial charge is 0.263 e. The number of halogens is 1. The number of nitrogens with one attached hydrogen (secondary N) is 1. The van der Waals surface area contributed by atoms with E-state index in [2.05, 4.69) is 5.32 Å². The van der Waals surface area contributed by atoms with Crippen LogP contribution in [-0.2, 0) is 0 Å². The van der Waals surface area contributed by atoms with Crippen molar-refractivity contribution in [1.82, 2.24) is 4.57 Å². The molecule has 0 saturated carbocycles. The van der Waals surface area contributed by atoms with Gasteiger partial charge >= 0.3 is 0 Å². The molecule has 8 heteroatoms. The Kier molecular flexibility index (Phi) is 6.49. The number of pyridine rings is 1. The Bertz CT molecular complexity index is 1400. The normalized spacial score (nSPS) is 10.7. The number of methoxy groups -OCH3 is 2. The second kappa shape index (κ2) is 9.66. The van der Waals surface area contributed by atoms with Crippen molar-refractivity contribution in [2.75, 3.05) is 26.1 Å². The highest BCUT2D eigenvalue weighted by Crippen LogP contribution is 2.33. The predicted molar refractivity (Wildman–Crippen MR) is 128 cm³/mol. The maximum absolute atomic E-state index is 13.4. The fourth-order valence-corrected chi connectivity index (χ4v) is 3.64. The zero-order valence-corrected chi connectivity index (χ0v) is 18.9. The summed E-state index contributed by atoms with van der Waals surface area (Å²) >= 11 is 0. The molecule has 3 aromatic carbocycles. The van der Waals surface area contributed by atoms with Crippen molar-refractivity contribution >= 4 is 22.4 Å². The number of aromatic nitrogens is 1. The van der Waals surface area contributed by atoms with E-state index in [9.17, 15) is 14.0 Å². The number of nitrogens with zero attached hydrogens (tertiary/aromatic N) is 1. The minimum absolute atomic E-state index is 0.230. The Morgan fingerprint density at radius 1 is 0.941 bits per heavy atom. The fraction of sp³-hybridized carbons (Fsp3) is 0.154. The number of amides is 1. The van der Waals surface area contributed by atoms with Gasteiger partial charge in [-0.1, -0.05) is 0 Å². The van der Waals surface area contributed by atoms with E-state index in [1.54, 1.807) is 36.4 Å². The Balaban J connectivity index is 1.90. The molecule has 174 valence electrons. The van der Waals surface area contributed by atoms with E-state index in [1.165, 1.54) is 49.2 Å². The highest BCUT2D eigenvalue weighted by Gasteiger charge is 2.19. The third kappa shape index (κ3) is 4.43. The predicted octanol–water partition coefficient (Wildman–Crippen LogP) is 4.80. The molecule has 0 unspecified atom stereocenters. The number of fused-ring (bicyclic) bond motifs is 1. The quantitative estimate of drug-likeness (QED) is 0.427. The Hall–Kier alpha value is -4.33. The molecule has 0 atom stereocenters. The van der Waals surface area contributed by atoms with Gasteiger partial charge in [0.1, 0.15) is 11.6 Å². The van der Waals surface area contributed by atoms with Crippen LogP contribution in [0.15, 0.2) is 71.7 Å². The molecule has 0 radical (unpaired) electrons. The first-order valence-corrected chi connectivity index (χ1v) is 10.6. The molecule has 0 spiro atoms. The standard InChI is InChI=1S/C26H23FN2O5/c1-4-34-19-11-9-18(10-12-19)29-15-22(25(30)28-17-7-5-16(27)6-8-17)20-13-23(32-2)24(33-3)14-21(20)26(29)31/h5-15H,4H2,1-3H3,(H,28,30). The zero-order chi connectivity index (χ0) is 24.2. The molecule has 0 saturated heterocycles. The van der Waals surface area contributed by atoms with Crippen molar-refractivity contribution in [2.24, 2.45) is 0 Å². The van der Waals surface area contributed by atoms with Crippen LogP contribution in [0.5, 0.6) is 17.2 Å². The molecule has 4 aromatic rings. The maximum atomic E-state index is 13.4. The highest BCUT2D eigenvalue weighted by atomic mass is 19.1. The summed E-state index contributed by atoms with van der Waals surface area (Å²) in [6.07, 6.45) is 1.48. The maximum Gasteiger partial charge on any atom is 0.263 e. The number of carbonyl (C=O) groups excluding carboxylic acids is 1. The minimum Gasteiger partial charge on any atom is -0.494 e. The molecule has 1 N–H and O–H groups in total. The van der Waals surface area contributed by atoms with Crippen molar-refractivity contribution < 1.29 is 23.4 Å². The van der Waals surface area contributed by atoms with Crippen molar-refractivity contribution in [3.8, 4) is 22.9 Å². The number of ether oxygens (including phenoxy) is 3. The first kappa shape index (κ1) is 22.8. The molecule has 0 aliphatic carbocycles. The van der Waals surface area contributed by atoms with Crippen LogP contribution in [0.4, 0.5) is 10.1 Å². The molecule has 0 bridgehead atoms. The number of benzene rings is 3. The first-order valence-electron chi connectivity index (χ1n) is 10.6. The summed E-state index contributed by atoms with van der Waals surface area (Å²) in [5, 5.41) is 3.42. The largest absolute Gasteiger partial charge is 0.494 e. The molecule has 0 aliphatic rings. The second-order valence-electron chi connectivity index (χ2n) is 7.36. The van der Waals surface area contributed by atoms with Crippen LogP contribution in [0.25, 0.3) is 16.5 Å². The lowest BCUT2D eigenvalue weighted by Gasteiger charge is -2.15. The van der Waals surface area contributed by atoms with Crippen LogP contribution < -0.4 is 25.1 Å². The molecule has 7 nitrogen and oxygen atoms in total. The summed E-state index contributed by atoms with van der Waals surface area (Å²) in [5.41, 5.74) is 0.868. The van der Waals surface area contributed by atoms with E-state index in [4.69, 9.17) is 14.2 Å². The second-order valence-corrected chi connectivity index (χ2v) is 7.36. The Morgan fingerprint density at radius 2 is 1.56 bits per heavy atom. The Labute approximate surface area is 195 Å². The molecule has 34 heavy (non-hydrogen) atoms. The van der Waals surface area contributed by atoms with Crippen LogP contribution in [0, 0.1) is 5.82 Å². The third-order valence-corrected chi connectivity index (χ3v) is 5.29. The van der Waals surface area contributed by atoms with Crippen molar-refractivity contribution in [3.05, 3.63) is 88.6 Å². The zero-order valence-electron chi connectivity index (χ0n) is 18.9. The van der Waals surface area contributed by atoms with E-state index in [1.807, 2.05) is 6.92 Å². The average molecular weight is 462 g/mol. The lowest BCUT2D eigenvalue weighted by atomic mass is 10.0. The number of hydrogen-bond acceptors (Lipinski definition) is 5. The lowest BCUT2D eigenvalue weighted by Crippen LogP contribution is -2.23. The third-order valence-electron chi connectivity index (χ3n) is 5.29. The minimum atomic E-state index is -0.469. The van der Waals surface area contributed by atoms with E-state index < -0.39 is 11.7 Å². The van der Waals surface area contributed by atoms with Crippen molar-refractivity contribution in [3.63, 3.8) is 0 Å². The molecular formula is C26H23FN2O5. The molecule has 0 fully saturated rings. The highest BCUT2D eigenvalue weighted by molar-refractivity contribution is 6.13. The molecule has 0 aliphatic heterocycles. The van der Waals surface area contributed by atoms with Gasteiger partial charge in [0, 0.05) is 23.0 Å². The summed E-state index contributed by atoms with van der Waals surface area (Å²) in [6.45, 7) is 2.40. The van der Waals surface area contributed by atoms with Crippen LogP contribution >= 0.6 is 0 Å². The van der Waals surface area contributed by atoms with E-state index >= 15 is 0 Å². The summed E-state index contributed by atoms with van der Waals surface area (Å²) < 4.78 is 30.9. The van der Waals surface area contributed by atoms with Gasteiger partial charge in [-0.15, -0.1) is 0 Å². The monoisotopic (exact) mass is 462 g/mol. The van der Waals surface area contributed by atoms with Crippen molar-refractivity contribution in [2.45, 2.75) is 6.92 Å². The first-order chi connectivity index (χ1) is 16.4. The average Bonchev–Trinajstić information content (AvgIpc) is 2.85. The van der Waals surface area contributed by atoms with Gasteiger partial charge in [-0.05, 0) is 67.6 Å². The summed E-state index contributed by atoms with van der Waals surface area (Å²) in [5.74, 6) is 0.527. The SMILES string of the molecule is CCOc1ccc(-n2cc(C(=O)Nc3ccc(F)cc3)c3cc(OC)c(OC)cc3c2=O)cc1. The topological polar surface area (TPSA) is 78.8 Å². The van der Waals surface area contributed by atoms with Gasteiger partial charge in [-0.3, -0.25) is 14.2 Å². The summed E-state index contributed by atoms with van der Waals surface area (Å²) in [6, 6.07) is 15.5. The molecule has 1 heterocycles.